The summed E-state index contributed by atoms with van der Waals surface area (Å²) in [6, 6.07) is 9.98. The topological polar surface area (TPSA) is 26.3 Å². The molecule has 0 saturated heterocycles. The molecule has 21 heavy (non-hydrogen) atoms. The largest absolute Gasteiger partial charge is 0.454 e. The highest BCUT2D eigenvalue weighted by Gasteiger charge is 2.10. The van der Waals surface area contributed by atoms with Gasteiger partial charge in [0.15, 0.2) is 17.3 Å². The number of Topliss-reactive ketones (excluding diaryl/α,β-unsaturated/α-hetero) is 1. The lowest BCUT2D eigenvalue weighted by Crippen LogP contribution is -1.96. The minimum atomic E-state index is -0.534. The van der Waals surface area contributed by atoms with Crippen molar-refractivity contribution in [1.29, 1.82) is 0 Å². The first kappa shape index (κ1) is 15.2. The monoisotopic (exact) mass is 286 g/mol. The van der Waals surface area contributed by atoms with Crippen molar-refractivity contribution in [2.75, 3.05) is 0 Å². The summed E-state index contributed by atoms with van der Waals surface area (Å²) in [6.45, 7) is 7.67. The quantitative estimate of drug-likeness (QED) is 0.717. The van der Waals surface area contributed by atoms with E-state index in [1.807, 2.05) is 25.1 Å². The lowest BCUT2D eigenvalue weighted by Gasteiger charge is -2.13. The third-order valence-corrected chi connectivity index (χ3v) is 3.43. The van der Waals surface area contributed by atoms with Gasteiger partial charge in [-0.3, -0.25) is 4.79 Å². The number of ether oxygens (including phenoxy) is 1. The zero-order valence-electron chi connectivity index (χ0n) is 12.7. The first-order valence-electron chi connectivity index (χ1n) is 6.97. The lowest BCUT2D eigenvalue weighted by atomic mass is 9.98. The van der Waals surface area contributed by atoms with Gasteiger partial charge in [0.2, 0.25) is 0 Å². The highest BCUT2D eigenvalue weighted by atomic mass is 19.1. The molecule has 0 aliphatic heterocycles. The van der Waals surface area contributed by atoms with Gasteiger partial charge in [-0.25, -0.2) is 4.39 Å². The molecular formula is C18H19FO2. The van der Waals surface area contributed by atoms with E-state index in [1.165, 1.54) is 24.6 Å². The number of hydrogen-bond acceptors (Lipinski definition) is 2. The van der Waals surface area contributed by atoms with Gasteiger partial charge in [0.25, 0.3) is 0 Å². The minimum Gasteiger partial charge on any atom is -0.454 e. The van der Waals surface area contributed by atoms with Gasteiger partial charge in [-0.1, -0.05) is 19.9 Å². The van der Waals surface area contributed by atoms with Gasteiger partial charge in [0.1, 0.15) is 5.75 Å². The zero-order valence-corrected chi connectivity index (χ0v) is 12.7. The molecule has 0 aliphatic carbocycles. The molecule has 0 unspecified atom stereocenters. The molecule has 2 nitrogen and oxygen atoms in total. The van der Waals surface area contributed by atoms with Crippen molar-refractivity contribution in [3.05, 3.63) is 58.9 Å². The summed E-state index contributed by atoms with van der Waals surface area (Å²) >= 11 is 0. The molecule has 0 aliphatic rings. The summed E-state index contributed by atoms with van der Waals surface area (Å²) < 4.78 is 19.5. The van der Waals surface area contributed by atoms with Crippen molar-refractivity contribution in [3.63, 3.8) is 0 Å². The molecule has 3 heteroatoms. The molecule has 2 aromatic rings. The fourth-order valence-electron chi connectivity index (χ4n) is 2.29. The second kappa shape index (κ2) is 6.08. The molecule has 0 bridgehead atoms. The number of halogens is 1. The van der Waals surface area contributed by atoms with E-state index in [4.69, 9.17) is 4.74 Å². The van der Waals surface area contributed by atoms with Crippen LogP contribution in [0.25, 0.3) is 0 Å². The third kappa shape index (κ3) is 3.48. The molecule has 0 aromatic heterocycles. The Kier molecular flexibility index (Phi) is 4.41. The Bertz CT molecular complexity index is 675. The molecule has 0 heterocycles. The fourth-order valence-corrected chi connectivity index (χ4v) is 2.29. The molecule has 0 N–H and O–H groups in total. The van der Waals surface area contributed by atoms with Gasteiger partial charge >= 0.3 is 0 Å². The average molecular weight is 286 g/mol. The SMILES string of the molecule is CC(=O)c1ccc(Oc2ccc(C(C)C)c(C)c2)c(F)c1. The van der Waals surface area contributed by atoms with Gasteiger partial charge in [-0.15, -0.1) is 0 Å². The van der Waals surface area contributed by atoms with Crippen LogP contribution in [0.2, 0.25) is 0 Å². The van der Waals surface area contributed by atoms with E-state index >= 15 is 0 Å². The molecule has 0 spiro atoms. The van der Waals surface area contributed by atoms with Crippen molar-refractivity contribution in [1.82, 2.24) is 0 Å². The maximum absolute atomic E-state index is 13.9. The van der Waals surface area contributed by atoms with Crippen LogP contribution < -0.4 is 4.74 Å². The molecular weight excluding hydrogens is 267 g/mol. The summed E-state index contributed by atoms with van der Waals surface area (Å²) in [5.41, 5.74) is 2.70. The molecule has 2 aromatic carbocycles. The summed E-state index contributed by atoms with van der Waals surface area (Å²) in [5, 5.41) is 0. The van der Waals surface area contributed by atoms with Crippen LogP contribution in [-0.2, 0) is 0 Å². The number of benzene rings is 2. The molecule has 0 saturated carbocycles. The standard InChI is InChI=1S/C18H19FO2/c1-11(2)16-7-6-15(9-12(16)3)21-18-8-5-14(13(4)20)10-17(18)19/h5-11H,1-4H3. The number of ketones is 1. The summed E-state index contributed by atoms with van der Waals surface area (Å²) in [7, 11) is 0. The lowest BCUT2D eigenvalue weighted by molar-refractivity contribution is 0.101. The van der Waals surface area contributed by atoms with Gasteiger partial charge < -0.3 is 4.74 Å². The van der Waals surface area contributed by atoms with Crippen molar-refractivity contribution in [2.24, 2.45) is 0 Å². The Morgan fingerprint density at radius 3 is 2.38 bits per heavy atom. The van der Waals surface area contributed by atoms with Crippen LogP contribution in [0.5, 0.6) is 11.5 Å². The first-order valence-corrected chi connectivity index (χ1v) is 6.97. The number of carbonyl (C=O) groups excluding carboxylic acids is 1. The number of hydrogen-bond donors (Lipinski definition) is 0. The van der Waals surface area contributed by atoms with E-state index in [2.05, 4.69) is 13.8 Å². The average Bonchev–Trinajstić information content (AvgIpc) is 2.40. The minimum absolute atomic E-state index is 0.122. The Labute approximate surface area is 124 Å². The molecule has 0 atom stereocenters. The third-order valence-electron chi connectivity index (χ3n) is 3.43. The van der Waals surface area contributed by atoms with E-state index in [9.17, 15) is 9.18 Å². The molecule has 0 radical (unpaired) electrons. The van der Waals surface area contributed by atoms with Gasteiger partial charge in [0.05, 0.1) is 0 Å². The Hall–Kier alpha value is -2.16. The van der Waals surface area contributed by atoms with Gasteiger partial charge in [0, 0.05) is 5.56 Å². The van der Waals surface area contributed by atoms with Crippen molar-refractivity contribution in [2.45, 2.75) is 33.6 Å². The van der Waals surface area contributed by atoms with Crippen LogP contribution >= 0.6 is 0 Å². The number of aryl methyl sites for hydroxylation is 1. The fraction of sp³-hybridized carbons (Fsp3) is 0.278. The molecule has 110 valence electrons. The van der Waals surface area contributed by atoms with E-state index in [-0.39, 0.29) is 11.5 Å². The van der Waals surface area contributed by atoms with Crippen molar-refractivity contribution < 1.29 is 13.9 Å². The van der Waals surface area contributed by atoms with E-state index < -0.39 is 5.82 Å². The van der Waals surface area contributed by atoms with Crippen molar-refractivity contribution >= 4 is 5.78 Å². The molecule has 2 rings (SSSR count). The van der Waals surface area contributed by atoms with Crippen LogP contribution in [0.15, 0.2) is 36.4 Å². The Morgan fingerprint density at radius 1 is 1.14 bits per heavy atom. The van der Waals surface area contributed by atoms with Crippen LogP contribution in [0.4, 0.5) is 4.39 Å². The van der Waals surface area contributed by atoms with Crippen LogP contribution in [-0.4, -0.2) is 5.78 Å². The highest BCUT2D eigenvalue weighted by Crippen LogP contribution is 2.29. The normalized spacial score (nSPS) is 10.8. The number of carbonyl (C=O) groups is 1. The smallest absolute Gasteiger partial charge is 0.166 e. The maximum Gasteiger partial charge on any atom is 0.166 e. The van der Waals surface area contributed by atoms with Crippen LogP contribution in [0.3, 0.4) is 0 Å². The maximum atomic E-state index is 13.9. The summed E-state index contributed by atoms with van der Waals surface area (Å²) in [5.74, 6) is 0.444. The highest BCUT2D eigenvalue weighted by molar-refractivity contribution is 5.94. The predicted molar refractivity (Wildman–Crippen MR) is 81.7 cm³/mol. The van der Waals surface area contributed by atoms with Crippen LogP contribution in [0.1, 0.15) is 48.2 Å². The zero-order chi connectivity index (χ0) is 15.6. The van der Waals surface area contributed by atoms with Gasteiger partial charge in [-0.05, 0) is 61.2 Å². The summed E-state index contributed by atoms with van der Waals surface area (Å²) in [6.07, 6.45) is 0. The van der Waals surface area contributed by atoms with E-state index in [0.29, 0.717) is 17.2 Å². The van der Waals surface area contributed by atoms with E-state index in [0.717, 1.165) is 5.56 Å². The molecule has 0 fully saturated rings. The van der Waals surface area contributed by atoms with E-state index in [1.54, 1.807) is 6.07 Å². The number of rotatable bonds is 4. The second-order valence-electron chi connectivity index (χ2n) is 5.48. The summed E-state index contributed by atoms with van der Waals surface area (Å²) in [4.78, 5) is 11.2. The van der Waals surface area contributed by atoms with Crippen molar-refractivity contribution in [3.8, 4) is 11.5 Å². The second-order valence-corrected chi connectivity index (χ2v) is 5.48. The Balaban J connectivity index is 2.26. The van der Waals surface area contributed by atoms with Crippen LogP contribution in [0, 0.1) is 12.7 Å². The Morgan fingerprint density at radius 2 is 1.86 bits per heavy atom. The predicted octanol–water partition coefficient (Wildman–Crippen LogP) is 5.25. The first-order chi connectivity index (χ1) is 9.88. The van der Waals surface area contributed by atoms with Gasteiger partial charge in [-0.2, -0.15) is 0 Å². The molecule has 0 amide bonds.